The molecule has 0 aliphatic heterocycles. The SMILES string of the molecule is COC(=O)Cc1ccnc(Nc2cc(C(F)(F)F)nc(Cl)n2)c1. The number of ether oxygens (including phenoxy) is 1. The molecule has 0 saturated carbocycles. The quantitative estimate of drug-likeness (QED) is 0.677. The summed E-state index contributed by atoms with van der Waals surface area (Å²) in [6.07, 6.45) is -3.25. The third-order valence-electron chi connectivity index (χ3n) is 2.65. The van der Waals surface area contributed by atoms with Gasteiger partial charge in [-0.25, -0.2) is 15.0 Å². The molecule has 6 nitrogen and oxygen atoms in total. The fraction of sp³-hybridized carbons (Fsp3) is 0.231. The first-order chi connectivity index (χ1) is 10.8. The molecule has 0 bridgehead atoms. The molecule has 23 heavy (non-hydrogen) atoms. The highest BCUT2D eigenvalue weighted by Crippen LogP contribution is 2.30. The minimum absolute atomic E-state index is 0.00598. The first-order valence-electron chi connectivity index (χ1n) is 6.18. The number of alkyl halides is 3. The molecule has 0 spiro atoms. The van der Waals surface area contributed by atoms with Crippen LogP contribution in [-0.2, 0) is 22.1 Å². The van der Waals surface area contributed by atoms with Crippen LogP contribution in [0.5, 0.6) is 0 Å². The molecule has 0 aromatic carbocycles. The van der Waals surface area contributed by atoms with Crippen LogP contribution in [0.2, 0.25) is 5.28 Å². The zero-order valence-corrected chi connectivity index (χ0v) is 12.4. The molecule has 0 amide bonds. The van der Waals surface area contributed by atoms with Crippen molar-refractivity contribution in [3.05, 3.63) is 40.9 Å². The van der Waals surface area contributed by atoms with E-state index in [0.29, 0.717) is 11.6 Å². The maximum atomic E-state index is 12.7. The third-order valence-corrected chi connectivity index (χ3v) is 2.81. The molecule has 122 valence electrons. The van der Waals surface area contributed by atoms with Crippen molar-refractivity contribution in [1.29, 1.82) is 0 Å². The fourth-order valence-electron chi connectivity index (χ4n) is 1.65. The molecule has 2 aromatic heterocycles. The number of nitrogens with zero attached hydrogens (tertiary/aromatic N) is 3. The lowest BCUT2D eigenvalue weighted by Crippen LogP contribution is -2.10. The number of pyridine rings is 1. The average molecular weight is 347 g/mol. The normalized spacial score (nSPS) is 11.2. The van der Waals surface area contributed by atoms with Gasteiger partial charge in [-0.2, -0.15) is 13.2 Å². The summed E-state index contributed by atoms with van der Waals surface area (Å²) >= 11 is 5.50. The summed E-state index contributed by atoms with van der Waals surface area (Å²) < 4.78 is 42.6. The number of hydrogen-bond donors (Lipinski definition) is 1. The van der Waals surface area contributed by atoms with Crippen LogP contribution in [0.15, 0.2) is 24.4 Å². The van der Waals surface area contributed by atoms with E-state index in [1.165, 1.54) is 19.4 Å². The van der Waals surface area contributed by atoms with E-state index in [2.05, 4.69) is 25.0 Å². The van der Waals surface area contributed by atoms with Crippen molar-refractivity contribution in [2.75, 3.05) is 12.4 Å². The topological polar surface area (TPSA) is 77.0 Å². The molecular weight excluding hydrogens is 337 g/mol. The number of methoxy groups -OCH3 is 1. The van der Waals surface area contributed by atoms with E-state index in [-0.39, 0.29) is 18.1 Å². The van der Waals surface area contributed by atoms with E-state index < -0.39 is 23.1 Å². The Labute approximate surface area is 133 Å². The third kappa shape index (κ3) is 4.78. The molecule has 2 aromatic rings. The van der Waals surface area contributed by atoms with Crippen LogP contribution in [0, 0.1) is 0 Å². The predicted molar refractivity (Wildman–Crippen MR) is 75.3 cm³/mol. The van der Waals surface area contributed by atoms with E-state index >= 15 is 0 Å². The van der Waals surface area contributed by atoms with Gasteiger partial charge in [0, 0.05) is 12.3 Å². The summed E-state index contributed by atoms with van der Waals surface area (Å²) in [5.41, 5.74) is -0.601. The standard InChI is InChI=1S/C13H10ClF3N4O2/c1-23-11(22)5-7-2-3-18-9(4-7)20-10-6-8(13(15,16)17)19-12(14)21-10/h2-4,6H,5H2,1H3,(H,18,19,20,21). The Bertz CT molecular complexity index is 725. The molecule has 2 rings (SSSR count). The van der Waals surface area contributed by atoms with Crippen molar-refractivity contribution in [2.24, 2.45) is 0 Å². The second-order valence-electron chi connectivity index (χ2n) is 4.33. The van der Waals surface area contributed by atoms with Gasteiger partial charge in [0.05, 0.1) is 13.5 Å². The van der Waals surface area contributed by atoms with Gasteiger partial charge < -0.3 is 10.1 Å². The molecule has 0 fully saturated rings. The summed E-state index contributed by atoms with van der Waals surface area (Å²) in [5, 5.41) is 2.04. The van der Waals surface area contributed by atoms with E-state index in [0.717, 1.165) is 0 Å². The van der Waals surface area contributed by atoms with Crippen molar-refractivity contribution in [3.8, 4) is 0 Å². The number of rotatable bonds is 4. The highest BCUT2D eigenvalue weighted by atomic mass is 35.5. The van der Waals surface area contributed by atoms with Crippen LogP contribution in [0.4, 0.5) is 24.8 Å². The van der Waals surface area contributed by atoms with Gasteiger partial charge in [-0.1, -0.05) is 0 Å². The van der Waals surface area contributed by atoms with Crippen LogP contribution in [-0.4, -0.2) is 28.0 Å². The molecule has 0 saturated heterocycles. The van der Waals surface area contributed by atoms with E-state index in [1.54, 1.807) is 6.07 Å². The number of anilines is 2. The van der Waals surface area contributed by atoms with E-state index in [4.69, 9.17) is 11.6 Å². The number of hydrogen-bond acceptors (Lipinski definition) is 6. The molecule has 10 heteroatoms. The molecule has 0 radical (unpaired) electrons. The average Bonchev–Trinajstić information content (AvgIpc) is 2.46. The van der Waals surface area contributed by atoms with Crippen molar-refractivity contribution in [2.45, 2.75) is 12.6 Å². The Hall–Kier alpha value is -2.42. The molecular formula is C13H10ClF3N4O2. The largest absolute Gasteiger partial charge is 0.469 e. The summed E-state index contributed by atoms with van der Waals surface area (Å²) in [4.78, 5) is 21.9. The number of nitrogens with one attached hydrogen (secondary N) is 1. The minimum Gasteiger partial charge on any atom is -0.469 e. The first kappa shape index (κ1) is 16.9. The number of carbonyl (C=O) groups is 1. The maximum absolute atomic E-state index is 12.7. The molecule has 0 unspecified atom stereocenters. The van der Waals surface area contributed by atoms with Crippen LogP contribution < -0.4 is 5.32 Å². The smallest absolute Gasteiger partial charge is 0.433 e. The zero-order chi connectivity index (χ0) is 17.0. The zero-order valence-electron chi connectivity index (χ0n) is 11.7. The molecule has 0 atom stereocenters. The Kier molecular flexibility index (Phi) is 4.99. The van der Waals surface area contributed by atoms with Crippen LogP contribution in [0.3, 0.4) is 0 Å². The highest BCUT2D eigenvalue weighted by Gasteiger charge is 2.33. The van der Waals surface area contributed by atoms with Crippen molar-refractivity contribution in [1.82, 2.24) is 15.0 Å². The van der Waals surface area contributed by atoms with Gasteiger partial charge in [0.2, 0.25) is 5.28 Å². The summed E-state index contributed by atoms with van der Waals surface area (Å²) in [6.45, 7) is 0. The van der Waals surface area contributed by atoms with Gasteiger partial charge in [-0.05, 0) is 29.3 Å². The lowest BCUT2D eigenvalue weighted by Gasteiger charge is -2.10. The predicted octanol–water partition coefficient (Wildman–Crippen LogP) is 3.00. The molecule has 0 aliphatic carbocycles. The van der Waals surface area contributed by atoms with Crippen LogP contribution >= 0.6 is 11.6 Å². The number of esters is 1. The summed E-state index contributed by atoms with van der Waals surface area (Å²) in [7, 11) is 1.25. The van der Waals surface area contributed by atoms with Gasteiger partial charge in [-0.3, -0.25) is 4.79 Å². The fourth-order valence-corrected chi connectivity index (χ4v) is 1.83. The van der Waals surface area contributed by atoms with Gasteiger partial charge in [0.15, 0.2) is 5.69 Å². The van der Waals surface area contributed by atoms with E-state index in [9.17, 15) is 18.0 Å². The lowest BCUT2D eigenvalue weighted by atomic mass is 10.2. The van der Waals surface area contributed by atoms with Crippen molar-refractivity contribution < 1.29 is 22.7 Å². The Morgan fingerprint density at radius 2 is 2.04 bits per heavy atom. The van der Waals surface area contributed by atoms with Gasteiger partial charge >= 0.3 is 12.1 Å². The van der Waals surface area contributed by atoms with Gasteiger partial charge in [0.1, 0.15) is 11.6 Å². The first-order valence-corrected chi connectivity index (χ1v) is 6.56. The maximum Gasteiger partial charge on any atom is 0.433 e. The minimum atomic E-state index is -4.65. The summed E-state index contributed by atoms with van der Waals surface area (Å²) in [5.74, 6) is -0.416. The number of carbonyl (C=O) groups excluding carboxylic acids is 1. The number of halogens is 4. The molecule has 2 heterocycles. The van der Waals surface area contributed by atoms with E-state index in [1.807, 2.05) is 0 Å². The van der Waals surface area contributed by atoms with Gasteiger partial charge in [0.25, 0.3) is 0 Å². The van der Waals surface area contributed by atoms with Crippen LogP contribution in [0.1, 0.15) is 11.3 Å². The Morgan fingerprint density at radius 1 is 1.30 bits per heavy atom. The highest BCUT2D eigenvalue weighted by molar-refractivity contribution is 6.28. The monoisotopic (exact) mass is 346 g/mol. The Balaban J connectivity index is 2.24. The Morgan fingerprint density at radius 3 is 2.70 bits per heavy atom. The second-order valence-corrected chi connectivity index (χ2v) is 4.67. The number of aromatic nitrogens is 3. The van der Waals surface area contributed by atoms with Crippen molar-refractivity contribution in [3.63, 3.8) is 0 Å². The molecule has 1 N–H and O–H groups in total. The lowest BCUT2D eigenvalue weighted by molar-refractivity contribution is -0.141. The second kappa shape index (κ2) is 6.78. The van der Waals surface area contributed by atoms with Crippen molar-refractivity contribution >= 4 is 29.2 Å². The summed E-state index contributed by atoms with van der Waals surface area (Å²) in [6, 6.07) is 3.77. The van der Waals surface area contributed by atoms with Crippen LogP contribution in [0.25, 0.3) is 0 Å². The van der Waals surface area contributed by atoms with Gasteiger partial charge in [-0.15, -0.1) is 0 Å². The molecule has 0 aliphatic rings.